The number of aliphatic hydroxyl groups excluding tert-OH is 2. The summed E-state index contributed by atoms with van der Waals surface area (Å²) in [5.74, 6) is 0. The molecular formula is C20H33NO4. The Morgan fingerprint density at radius 2 is 1.72 bits per heavy atom. The van der Waals surface area contributed by atoms with E-state index in [9.17, 15) is 15.0 Å². The third-order valence-corrected chi connectivity index (χ3v) is 4.21. The largest absolute Gasteiger partial charge is 0.445 e. The third kappa shape index (κ3) is 11.6. The van der Waals surface area contributed by atoms with E-state index < -0.39 is 6.10 Å². The van der Waals surface area contributed by atoms with Crippen molar-refractivity contribution in [3.05, 3.63) is 35.9 Å². The second-order valence-electron chi connectivity index (χ2n) is 6.50. The van der Waals surface area contributed by atoms with Gasteiger partial charge in [0.25, 0.3) is 0 Å². The molecule has 0 bridgehead atoms. The molecule has 0 saturated carbocycles. The maximum absolute atomic E-state index is 11.6. The first-order chi connectivity index (χ1) is 12.1. The molecule has 5 heteroatoms. The lowest BCUT2D eigenvalue weighted by Crippen LogP contribution is -2.25. The molecule has 0 aliphatic heterocycles. The van der Waals surface area contributed by atoms with Crippen molar-refractivity contribution < 1.29 is 19.7 Å². The fourth-order valence-electron chi connectivity index (χ4n) is 2.60. The van der Waals surface area contributed by atoms with Gasteiger partial charge in [0.05, 0.1) is 12.2 Å². The van der Waals surface area contributed by atoms with Crippen molar-refractivity contribution in [1.82, 2.24) is 5.32 Å². The average Bonchev–Trinajstić information content (AvgIpc) is 2.62. The summed E-state index contributed by atoms with van der Waals surface area (Å²) >= 11 is 0. The second-order valence-corrected chi connectivity index (χ2v) is 6.50. The van der Waals surface area contributed by atoms with Crippen molar-refractivity contribution >= 4 is 6.09 Å². The number of unbranched alkanes of at least 4 members (excludes halogenated alkanes) is 4. The highest BCUT2D eigenvalue weighted by atomic mass is 16.5. The molecule has 0 aromatic heterocycles. The van der Waals surface area contributed by atoms with Crippen LogP contribution >= 0.6 is 0 Å². The Kier molecular flexibility index (Phi) is 11.7. The predicted octanol–water partition coefficient (Wildman–Crippen LogP) is 3.78. The minimum atomic E-state index is -0.393. The Hall–Kier alpha value is -1.59. The van der Waals surface area contributed by atoms with Gasteiger partial charge in [0.2, 0.25) is 0 Å². The lowest BCUT2D eigenvalue weighted by atomic mass is 10.0. The summed E-state index contributed by atoms with van der Waals surface area (Å²) in [7, 11) is 0. The van der Waals surface area contributed by atoms with Crippen LogP contribution in [-0.4, -0.2) is 35.1 Å². The highest BCUT2D eigenvalue weighted by Crippen LogP contribution is 2.11. The lowest BCUT2D eigenvalue weighted by Gasteiger charge is -2.13. The van der Waals surface area contributed by atoms with E-state index in [0.29, 0.717) is 26.0 Å². The molecule has 25 heavy (non-hydrogen) atoms. The molecule has 5 nitrogen and oxygen atoms in total. The monoisotopic (exact) mass is 351 g/mol. The van der Waals surface area contributed by atoms with Crippen molar-refractivity contribution in [1.29, 1.82) is 0 Å². The molecule has 1 aromatic carbocycles. The molecule has 1 rings (SSSR count). The van der Waals surface area contributed by atoms with Gasteiger partial charge in [-0.05, 0) is 31.2 Å². The molecule has 2 unspecified atom stereocenters. The maximum atomic E-state index is 11.6. The summed E-state index contributed by atoms with van der Waals surface area (Å²) in [6.45, 7) is 2.84. The van der Waals surface area contributed by atoms with E-state index in [2.05, 4.69) is 5.32 Å². The van der Waals surface area contributed by atoms with Gasteiger partial charge in [-0.15, -0.1) is 0 Å². The SMILES string of the molecule is CCC(O)CC(O)CCCCCCCNC(=O)OCc1ccccc1. The van der Waals surface area contributed by atoms with Gasteiger partial charge in [0.1, 0.15) is 6.61 Å². The van der Waals surface area contributed by atoms with E-state index in [1.165, 1.54) is 0 Å². The summed E-state index contributed by atoms with van der Waals surface area (Å²) in [6, 6.07) is 9.61. The zero-order chi connectivity index (χ0) is 18.3. The number of carbonyl (C=O) groups excluding carboxylic acids is 1. The van der Waals surface area contributed by atoms with Crippen LogP contribution in [0, 0.1) is 0 Å². The Balaban J connectivity index is 1.90. The van der Waals surface area contributed by atoms with E-state index in [-0.39, 0.29) is 12.2 Å². The summed E-state index contributed by atoms with van der Waals surface area (Å²) in [6.07, 6.45) is 5.88. The van der Waals surface area contributed by atoms with Gasteiger partial charge in [-0.25, -0.2) is 4.79 Å². The molecular weight excluding hydrogens is 318 g/mol. The zero-order valence-corrected chi connectivity index (χ0v) is 15.3. The van der Waals surface area contributed by atoms with Crippen LogP contribution in [0.4, 0.5) is 4.79 Å². The molecule has 142 valence electrons. The number of carbonyl (C=O) groups is 1. The Morgan fingerprint density at radius 3 is 2.44 bits per heavy atom. The molecule has 2 atom stereocenters. The molecule has 0 aliphatic rings. The molecule has 0 aliphatic carbocycles. The van der Waals surface area contributed by atoms with Crippen molar-refractivity contribution in [2.45, 2.75) is 77.1 Å². The van der Waals surface area contributed by atoms with Crippen LogP contribution in [0.15, 0.2) is 30.3 Å². The fourth-order valence-corrected chi connectivity index (χ4v) is 2.60. The van der Waals surface area contributed by atoms with Gasteiger partial charge in [-0.1, -0.05) is 62.9 Å². The normalized spacial score (nSPS) is 13.2. The topological polar surface area (TPSA) is 78.8 Å². The predicted molar refractivity (Wildman–Crippen MR) is 99.3 cm³/mol. The van der Waals surface area contributed by atoms with E-state index in [1.807, 2.05) is 37.3 Å². The molecule has 3 N–H and O–H groups in total. The number of amides is 1. The van der Waals surface area contributed by atoms with E-state index in [4.69, 9.17) is 4.74 Å². The molecule has 1 aromatic rings. The standard InChI is InChI=1S/C20H33NO4/c1-2-18(22)15-19(23)13-9-4-3-5-10-14-21-20(24)25-16-17-11-7-6-8-12-17/h6-8,11-12,18-19,22-23H,2-5,9-10,13-16H2,1H3,(H,21,24). The summed E-state index contributed by atoms with van der Waals surface area (Å²) in [5.41, 5.74) is 0.978. The minimum absolute atomic E-state index is 0.293. The van der Waals surface area contributed by atoms with Crippen molar-refractivity contribution in [3.8, 4) is 0 Å². The van der Waals surface area contributed by atoms with Crippen molar-refractivity contribution in [2.24, 2.45) is 0 Å². The van der Waals surface area contributed by atoms with Gasteiger partial charge in [-0.3, -0.25) is 0 Å². The van der Waals surface area contributed by atoms with E-state index in [1.54, 1.807) is 0 Å². The first-order valence-corrected chi connectivity index (χ1v) is 9.42. The number of hydrogen-bond donors (Lipinski definition) is 3. The summed E-state index contributed by atoms with van der Waals surface area (Å²) < 4.78 is 5.14. The molecule has 0 heterocycles. The Bertz CT molecular complexity index is 452. The van der Waals surface area contributed by atoms with Crippen molar-refractivity contribution in [3.63, 3.8) is 0 Å². The smallest absolute Gasteiger partial charge is 0.407 e. The molecule has 0 saturated heterocycles. The van der Waals surface area contributed by atoms with E-state index >= 15 is 0 Å². The second kappa shape index (κ2) is 13.7. The lowest BCUT2D eigenvalue weighted by molar-refractivity contribution is 0.0721. The number of benzene rings is 1. The van der Waals surface area contributed by atoms with Gasteiger partial charge >= 0.3 is 6.09 Å². The first kappa shape index (κ1) is 21.5. The summed E-state index contributed by atoms with van der Waals surface area (Å²) in [5, 5.41) is 22.0. The highest BCUT2D eigenvalue weighted by Gasteiger charge is 2.09. The van der Waals surface area contributed by atoms with Crippen LogP contribution in [0.5, 0.6) is 0 Å². The minimum Gasteiger partial charge on any atom is -0.445 e. The van der Waals surface area contributed by atoms with Crippen LogP contribution in [0.1, 0.15) is 63.9 Å². The molecule has 0 spiro atoms. The maximum Gasteiger partial charge on any atom is 0.407 e. The van der Waals surface area contributed by atoms with Crippen molar-refractivity contribution in [2.75, 3.05) is 6.54 Å². The number of hydrogen-bond acceptors (Lipinski definition) is 4. The van der Waals surface area contributed by atoms with Crippen LogP contribution in [0.25, 0.3) is 0 Å². The van der Waals surface area contributed by atoms with Gasteiger partial charge in [-0.2, -0.15) is 0 Å². The summed E-state index contributed by atoms with van der Waals surface area (Å²) in [4.78, 5) is 11.6. The molecule has 1 amide bonds. The fraction of sp³-hybridized carbons (Fsp3) is 0.650. The number of rotatable bonds is 13. The Morgan fingerprint density at radius 1 is 1.04 bits per heavy atom. The molecule has 0 fully saturated rings. The number of ether oxygens (including phenoxy) is 1. The van der Waals surface area contributed by atoms with Gasteiger partial charge in [0, 0.05) is 6.54 Å². The van der Waals surface area contributed by atoms with Crippen LogP contribution < -0.4 is 5.32 Å². The molecule has 0 radical (unpaired) electrons. The number of alkyl carbamates (subject to hydrolysis) is 1. The quantitative estimate of drug-likeness (QED) is 0.473. The van der Waals surface area contributed by atoms with Gasteiger partial charge < -0.3 is 20.3 Å². The number of nitrogens with one attached hydrogen (secondary N) is 1. The Labute approximate surface area is 151 Å². The van der Waals surface area contributed by atoms with Crippen LogP contribution in [0.3, 0.4) is 0 Å². The highest BCUT2D eigenvalue weighted by molar-refractivity contribution is 5.67. The first-order valence-electron chi connectivity index (χ1n) is 9.42. The van der Waals surface area contributed by atoms with Crippen LogP contribution in [-0.2, 0) is 11.3 Å². The third-order valence-electron chi connectivity index (χ3n) is 4.21. The number of aliphatic hydroxyl groups is 2. The zero-order valence-electron chi connectivity index (χ0n) is 15.3. The van der Waals surface area contributed by atoms with Gasteiger partial charge in [0.15, 0.2) is 0 Å². The van der Waals surface area contributed by atoms with E-state index in [0.717, 1.165) is 44.1 Å². The van der Waals surface area contributed by atoms with Crippen LogP contribution in [0.2, 0.25) is 0 Å². The average molecular weight is 351 g/mol.